The molecule has 0 bridgehead atoms. The van der Waals surface area contributed by atoms with Gasteiger partial charge in [-0.15, -0.1) is 59.7 Å². The summed E-state index contributed by atoms with van der Waals surface area (Å²) in [7, 11) is 0. The number of pyridine rings is 3. The molecule has 0 fully saturated rings. The van der Waals surface area contributed by atoms with Gasteiger partial charge in [-0.3, -0.25) is 4.98 Å². The van der Waals surface area contributed by atoms with Crippen LogP contribution < -0.4 is 4.90 Å². The second-order valence-electron chi connectivity index (χ2n) is 6.87. The Hall–Kier alpha value is -3.62. The van der Waals surface area contributed by atoms with E-state index in [2.05, 4.69) is 32.0 Å². The Balaban J connectivity index is 0.00000245. The Kier molecular flexibility index (Phi) is 6.84. The zero-order valence-corrected chi connectivity index (χ0v) is 19.3. The Bertz CT molecular complexity index is 1200. The number of aromatic nitrogens is 3. The molecule has 3 aromatic heterocycles. The van der Waals surface area contributed by atoms with E-state index in [0.717, 1.165) is 39.6 Å². The van der Waals surface area contributed by atoms with Gasteiger partial charge < -0.3 is 14.9 Å². The molecule has 0 unspecified atom stereocenters. The molecular formula is C27H18N4Pt. The summed E-state index contributed by atoms with van der Waals surface area (Å²) >= 11 is 0. The zero-order chi connectivity index (χ0) is 20.9. The first kappa shape index (κ1) is 21.6. The first-order chi connectivity index (χ1) is 15.4. The van der Waals surface area contributed by atoms with Crippen molar-refractivity contribution in [3.05, 3.63) is 122 Å². The van der Waals surface area contributed by atoms with Gasteiger partial charge in [0.2, 0.25) is 0 Å². The maximum absolute atomic E-state index is 4.47. The van der Waals surface area contributed by atoms with Crippen molar-refractivity contribution in [3.8, 4) is 22.5 Å². The van der Waals surface area contributed by atoms with Gasteiger partial charge in [-0.1, -0.05) is 24.3 Å². The van der Waals surface area contributed by atoms with Gasteiger partial charge in [0.05, 0.1) is 0 Å². The molecule has 5 aromatic rings. The Morgan fingerprint density at radius 2 is 1.06 bits per heavy atom. The molecule has 5 heteroatoms. The summed E-state index contributed by atoms with van der Waals surface area (Å²) in [4.78, 5) is 15.2. The van der Waals surface area contributed by atoms with Crippen molar-refractivity contribution in [2.45, 2.75) is 0 Å². The van der Waals surface area contributed by atoms with Crippen molar-refractivity contribution in [2.24, 2.45) is 0 Å². The van der Waals surface area contributed by atoms with E-state index in [1.54, 1.807) is 24.8 Å². The summed E-state index contributed by atoms with van der Waals surface area (Å²) in [6.07, 6.45) is 7.16. The minimum atomic E-state index is 0. The van der Waals surface area contributed by atoms with Gasteiger partial charge in [0.1, 0.15) is 0 Å². The molecule has 2 aromatic carbocycles. The van der Waals surface area contributed by atoms with Gasteiger partial charge in [0.15, 0.2) is 0 Å². The minimum Gasteiger partial charge on any atom is -0.346 e. The smallest absolute Gasteiger partial charge is 0.346 e. The Morgan fingerprint density at radius 1 is 0.531 bits per heavy atom. The van der Waals surface area contributed by atoms with E-state index in [4.69, 9.17) is 0 Å². The van der Waals surface area contributed by atoms with Gasteiger partial charge in [-0.05, 0) is 47.0 Å². The third kappa shape index (κ3) is 4.66. The fraction of sp³-hybridized carbons (Fsp3) is 0. The topological polar surface area (TPSA) is 41.9 Å². The van der Waals surface area contributed by atoms with Crippen molar-refractivity contribution < 1.29 is 21.1 Å². The molecule has 5 rings (SSSR count). The number of hydrogen-bond acceptors (Lipinski definition) is 4. The monoisotopic (exact) mass is 593 g/mol. The Labute approximate surface area is 201 Å². The Morgan fingerprint density at radius 3 is 1.53 bits per heavy atom. The molecule has 0 radical (unpaired) electrons. The van der Waals surface area contributed by atoms with Crippen LogP contribution in [0.15, 0.2) is 110 Å². The van der Waals surface area contributed by atoms with Gasteiger partial charge >= 0.3 is 21.1 Å². The molecule has 0 atom stereocenters. The molecule has 156 valence electrons. The molecule has 0 saturated heterocycles. The van der Waals surface area contributed by atoms with Crippen molar-refractivity contribution in [3.63, 3.8) is 0 Å². The molecule has 3 heterocycles. The van der Waals surface area contributed by atoms with Crippen molar-refractivity contribution >= 4 is 17.1 Å². The van der Waals surface area contributed by atoms with Crippen molar-refractivity contribution in [1.82, 2.24) is 15.0 Å². The van der Waals surface area contributed by atoms with Gasteiger partial charge in [0, 0.05) is 30.5 Å². The zero-order valence-electron chi connectivity index (χ0n) is 17.0. The minimum absolute atomic E-state index is 0. The molecule has 0 saturated carbocycles. The summed E-state index contributed by atoms with van der Waals surface area (Å²) in [5.41, 5.74) is 6.37. The fourth-order valence-corrected chi connectivity index (χ4v) is 3.42. The van der Waals surface area contributed by atoms with Gasteiger partial charge in [0.25, 0.3) is 0 Å². The molecule has 0 amide bonds. The third-order valence-electron chi connectivity index (χ3n) is 4.84. The maximum atomic E-state index is 4.47. The van der Waals surface area contributed by atoms with E-state index in [0.29, 0.717) is 0 Å². The van der Waals surface area contributed by atoms with E-state index < -0.39 is 0 Å². The number of rotatable bonds is 5. The molecule has 0 aliphatic heterocycles. The SMILES string of the molecule is [Pt+2].[c-]1c(-c2ccccn2)cccc1N(c1[c-]c(-c2ccccn2)ccc1)c1ccncc1. The predicted molar refractivity (Wildman–Crippen MR) is 123 cm³/mol. The molecule has 0 N–H and O–H groups in total. The van der Waals surface area contributed by atoms with E-state index in [1.807, 2.05) is 84.9 Å². The summed E-state index contributed by atoms with van der Waals surface area (Å²) in [5, 5.41) is 0. The van der Waals surface area contributed by atoms with Crippen LogP contribution in [0.25, 0.3) is 22.5 Å². The summed E-state index contributed by atoms with van der Waals surface area (Å²) in [5.74, 6) is 0. The van der Waals surface area contributed by atoms with Crippen LogP contribution in [0, 0.1) is 12.1 Å². The van der Waals surface area contributed by atoms with Crippen LogP contribution in [0.2, 0.25) is 0 Å². The van der Waals surface area contributed by atoms with Crippen LogP contribution in [0.1, 0.15) is 0 Å². The van der Waals surface area contributed by atoms with Crippen LogP contribution in [-0.4, -0.2) is 15.0 Å². The fourth-order valence-electron chi connectivity index (χ4n) is 3.42. The number of nitrogens with zero attached hydrogens (tertiary/aromatic N) is 4. The number of benzene rings is 2. The van der Waals surface area contributed by atoms with Crippen LogP contribution in [-0.2, 0) is 21.1 Å². The standard InChI is InChI=1S/C27H18N4.Pt/c1-3-15-29-26(11-1)21-7-5-9-24(19-21)31(23-13-17-28-18-14-23)25-10-6-8-22(20-25)27-12-2-4-16-30-27;/h1-18H;/q-2;+2. The number of hydrogen-bond donors (Lipinski definition) is 0. The van der Waals surface area contributed by atoms with E-state index >= 15 is 0 Å². The summed E-state index contributed by atoms with van der Waals surface area (Å²) in [6.45, 7) is 0. The summed E-state index contributed by atoms with van der Waals surface area (Å²) in [6, 6.07) is 34.9. The van der Waals surface area contributed by atoms with Gasteiger partial charge in [-0.25, -0.2) is 0 Å². The number of anilines is 3. The van der Waals surface area contributed by atoms with Crippen molar-refractivity contribution in [2.75, 3.05) is 4.90 Å². The van der Waals surface area contributed by atoms with E-state index in [-0.39, 0.29) is 21.1 Å². The molecule has 0 spiro atoms. The second kappa shape index (κ2) is 10.1. The predicted octanol–water partition coefficient (Wildman–Crippen LogP) is 6.27. The molecule has 0 aliphatic rings. The van der Waals surface area contributed by atoms with Crippen LogP contribution in [0.3, 0.4) is 0 Å². The van der Waals surface area contributed by atoms with Crippen LogP contribution in [0.5, 0.6) is 0 Å². The molecule has 0 aliphatic carbocycles. The van der Waals surface area contributed by atoms with Gasteiger partial charge in [-0.2, -0.15) is 0 Å². The average molecular weight is 594 g/mol. The summed E-state index contributed by atoms with van der Waals surface area (Å²) < 4.78 is 0. The quantitative estimate of drug-likeness (QED) is 0.225. The molecule has 4 nitrogen and oxygen atoms in total. The van der Waals surface area contributed by atoms with E-state index in [9.17, 15) is 0 Å². The molecule has 32 heavy (non-hydrogen) atoms. The van der Waals surface area contributed by atoms with E-state index in [1.165, 1.54) is 0 Å². The largest absolute Gasteiger partial charge is 2.00 e. The normalized spacial score (nSPS) is 10.2. The van der Waals surface area contributed by atoms with Crippen LogP contribution >= 0.6 is 0 Å². The second-order valence-corrected chi connectivity index (χ2v) is 6.87. The van der Waals surface area contributed by atoms with Crippen molar-refractivity contribution in [1.29, 1.82) is 0 Å². The maximum Gasteiger partial charge on any atom is 2.00 e. The third-order valence-corrected chi connectivity index (χ3v) is 4.84. The first-order valence-electron chi connectivity index (χ1n) is 9.96. The average Bonchev–Trinajstić information content (AvgIpc) is 2.86. The van der Waals surface area contributed by atoms with Crippen LogP contribution in [0.4, 0.5) is 17.1 Å². The molecular weight excluding hydrogens is 575 g/mol. The first-order valence-corrected chi connectivity index (χ1v) is 9.96.